The van der Waals surface area contributed by atoms with Crippen LogP contribution in [0.15, 0.2) is 0 Å². The van der Waals surface area contributed by atoms with E-state index in [1.165, 1.54) is 0 Å². The lowest BCUT2D eigenvalue weighted by atomic mass is 9.65. The molecule has 1 amide bonds. The van der Waals surface area contributed by atoms with Crippen molar-refractivity contribution in [1.82, 2.24) is 5.32 Å². The Morgan fingerprint density at radius 3 is 2.16 bits per heavy atom. The molecule has 1 saturated carbocycles. The lowest BCUT2D eigenvalue weighted by molar-refractivity contribution is -0.173. The molecular formula is C15H27NO3. The van der Waals surface area contributed by atoms with Crippen molar-refractivity contribution in [2.75, 3.05) is 7.05 Å². The fourth-order valence-electron chi connectivity index (χ4n) is 2.89. The van der Waals surface area contributed by atoms with E-state index in [2.05, 4.69) is 5.32 Å². The molecule has 0 aromatic rings. The molecule has 0 heterocycles. The average molecular weight is 269 g/mol. The first-order chi connectivity index (χ1) is 8.45. The van der Waals surface area contributed by atoms with E-state index >= 15 is 0 Å². The van der Waals surface area contributed by atoms with Crippen LogP contribution in [-0.2, 0) is 14.3 Å². The molecule has 4 heteroatoms. The molecular weight excluding hydrogens is 242 g/mol. The summed E-state index contributed by atoms with van der Waals surface area (Å²) in [6.45, 7) is 11.5. The first kappa shape index (κ1) is 16.0. The molecule has 0 radical (unpaired) electrons. The molecule has 1 fully saturated rings. The molecule has 19 heavy (non-hydrogen) atoms. The Hall–Kier alpha value is -1.06. The van der Waals surface area contributed by atoms with Crippen LogP contribution in [0.25, 0.3) is 0 Å². The van der Waals surface area contributed by atoms with Crippen molar-refractivity contribution in [1.29, 1.82) is 0 Å². The zero-order chi connectivity index (χ0) is 15.1. The van der Waals surface area contributed by atoms with Crippen molar-refractivity contribution in [3.05, 3.63) is 0 Å². The zero-order valence-electron chi connectivity index (χ0n) is 13.2. The quantitative estimate of drug-likeness (QED) is 0.784. The number of carbonyl (C=O) groups is 2. The fraction of sp³-hybridized carbons (Fsp3) is 0.867. The number of amides is 1. The Bertz CT molecular complexity index is 381. The Morgan fingerprint density at radius 1 is 1.21 bits per heavy atom. The molecule has 1 N–H and O–H groups in total. The topological polar surface area (TPSA) is 55.4 Å². The van der Waals surface area contributed by atoms with Crippen LogP contribution in [0.5, 0.6) is 0 Å². The lowest BCUT2D eigenvalue weighted by Crippen LogP contribution is -2.47. The highest BCUT2D eigenvalue weighted by Gasteiger charge is 2.59. The molecule has 1 rings (SSSR count). The maximum absolute atomic E-state index is 12.5. The minimum Gasteiger partial charge on any atom is -0.460 e. The van der Waals surface area contributed by atoms with E-state index in [0.717, 1.165) is 6.42 Å². The number of hydrogen-bond donors (Lipinski definition) is 1. The molecule has 0 aromatic heterocycles. The third-order valence-electron chi connectivity index (χ3n) is 4.64. The molecule has 1 aliphatic rings. The molecule has 0 aromatic carbocycles. The summed E-state index contributed by atoms with van der Waals surface area (Å²) in [7, 11) is 1.64. The van der Waals surface area contributed by atoms with Crippen molar-refractivity contribution in [3.63, 3.8) is 0 Å². The van der Waals surface area contributed by atoms with Gasteiger partial charge in [0.25, 0.3) is 0 Å². The summed E-state index contributed by atoms with van der Waals surface area (Å²) in [6.07, 6.45) is 1.41. The smallest absolute Gasteiger partial charge is 0.312 e. The highest BCUT2D eigenvalue weighted by molar-refractivity contribution is 5.84. The molecule has 1 aliphatic carbocycles. The number of nitrogens with one attached hydrogen (secondary N) is 1. The Balaban J connectivity index is 3.01. The van der Waals surface area contributed by atoms with E-state index in [1.54, 1.807) is 7.05 Å². The van der Waals surface area contributed by atoms with Gasteiger partial charge in [0.1, 0.15) is 5.60 Å². The predicted molar refractivity (Wildman–Crippen MR) is 74.5 cm³/mol. The summed E-state index contributed by atoms with van der Waals surface area (Å²) in [5.74, 6) is -0.330. The van der Waals surface area contributed by atoms with Gasteiger partial charge in [-0.2, -0.15) is 0 Å². The van der Waals surface area contributed by atoms with E-state index < -0.39 is 16.4 Å². The lowest BCUT2D eigenvalue weighted by Gasteiger charge is -2.40. The second kappa shape index (κ2) is 4.80. The van der Waals surface area contributed by atoms with Crippen molar-refractivity contribution in [3.8, 4) is 0 Å². The van der Waals surface area contributed by atoms with Crippen LogP contribution in [0.4, 0.5) is 0 Å². The van der Waals surface area contributed by atoms with Gasteiger partial charge in [-0.05, 0) is 46.0 Å². The standard InChI is InChI=1S/C15H27NO3/c1-13(2,3)19-12(18)15(6)9-8-10(11(17)16-7)14(15,4)5/h10H,8-9H2,1-7H3,(H,16,17)/t10-,15+/m1/s1. The minimum absolute atomic E-state index is 0.0114. The van der Waals surface area contributed by atoms with Gasteiger partial charge >= 0.3 is 5.97 Å². The molecule has 0 bridgehead atoms. The predicted octanol–water partition coefficient (Wildman–Crippen LogP) is 2.52. The maximum atomic E-state index is 12.5. The fourth-order valence-corrected chi connectivity index (χ4v) is 2.89. The van der Waals surface area contributed by atoms with Crippen LogP contribution in [0.2, 0.25) is 0 Å². The maximum Gasteiger partial charge on any atom is 0.312 e. The van der Waals surface area contributed by atoms with Crippen molar-refractivity contribution in [2.24, 2.45) is 16.7 Å². The monoisotopic (exact) mass is 269 g/mol. The summed E-state index contributed by atoms with van der Waals surface area (Å²) in [6, 6.07) is 0. The third-order valence-corrected chi connectivity index (χ3v) is 4.64. The van der Waals surface area contributed by atoms with Gasteiger partial charge in [0.15, 0.2) is 0 Å². The number of rotatable bonds is 2. The van der Waals surface area contributed by atoms with Crippen LogP contribution in [0.1, 0.15) is 54.4 Å². The van der Waals surface area contributed by atoms with Gasteiger partial charge in [0, 0.05) is 13.0 Å². The molecule has 0 aliphatic heterocycles. The van der Waals surface area contributed by atoms with Crippen LogP contribution >= 0.6 is 0 Å². The van der Waals surface area contributed by atoms with Crippen molar-refractivity contribution < 1.29 is 14.3 Å². The van der Waals surface area contributed by atoms with Crippen LogP contribution in [0, 0.1) is 16.7 Å². The Kier molecular flexibility index (Phi) is 4.04. The van der Waals surface area contributed by atoms with Gasteiger partial charge in [-0.25, -0.2) is 0 Å². The molecule has 0 unspecified atom stereocenters. The Morgan fingerprint density at radius 2 is 1.74 bits per heavy atom. The van der Waals surface area contributed by atoms with E-state index in [-0.39, 0.29) is 17.8 Å². The molecule has 2 atom stereocenters. The average Bonchev–Trinajstić information content (AvgIpc) is 2.48. The highest BCUT2D eigenvalue weighted by Crippen LogP contribution is 2.56. The number of hydrogen-bond acceptors (Lipinski definition) is 3. The van der Waals surface area contributed by atoms with Gasteiger partial charge in [-0.15, -0.1) is 0 Å². The molecule has 110 valence electrons. The minimum atomic E-state index is -0.614. The third kappa shape index (κ3) is 2.77. The van der Waals surface area contributed by atoms with Crippen molar-refractivity contribution in [2.45, 2.75) is 60.0 Å². The first-order valence-corrected chi connectivity index (χ1v) is 6.91. The van der Waals surface area contributed by atoms with E-state index in [4.69, 9.17) is 4.74 Å². The summed E-state index contributed by atoms with van der Waals surface area (Å²) < 4.78 is 5.55. The number of ether oxygens (including phenoxy) is 1. The largest absolute Gasteiger partial charge is 0.460 e. The summed E-state index contributed by atoms with van der Waals surface area (Å²) >= 11 is 0. The SMILES string of the molecule is CNC(=O)[C@H]1CC[C@@](C)(C(=O)OC(C)(C)C)C1(C)C. The van der Waals surface area contributed by atoms with Crippen LogP contribution < -0.4 is 5.32 Å². The van der Waals surface area contributed by atoms with Gasteiger partial charge in [0.2, 0.25) is 5.91 Å². The normalized spacial score (nSPS) is 29.9. The zero-order valence-corrected chi connectivity index (χ0v) is 13.2. The first-order valence-electron chi connectivity index (χ1n) is 6.91. The molecule has 0 spiro atoms. The second-order valence-corrected chi connectivity index (χ2v) is 7.26. The second-order valence-electron chi connectivity index (χ2n) is 7.26. The van der Waals surface area contributed by atoms with E-state index in [1.807, 2.05) is 41.5 Å². The van der Waals surface area contributed by atoms with Crippen molar-refractivity contribution >= 4 is 11.9 Å². The number of carbonyl (C=O) groups excluding carboxylic acids is 2. The van der Waals surface area contributed by atoms with Gasteiger partial charge in [-0.3, -0.25) is 9.59 Å². The summed E-state index contributed by atoms with van der Waals surface area (Å²) in [5.41, 5.74) is -1.52. The highest BCUT2D eigenvalue weighted by atomic mass is 16.6. The van der Waals surface area contributed by atoms with Crippen LogP contribution in [0.3, 0.4) is 0 Å². The molecule has 0 saturated heterocycles. The van der Waals surface area contributed by atoms with Gasteiger partial charge in [0.05, 0.1) is 5.41 Å². The molecule has 4 nitrogen and oxygen atoms in total. The van der Waals surface area contributed by atoms with E-state index in [0.29, 0.717) is 6.42 Å². The van der Waals surface area contributed by atoms with Crippen LogP contribution in [-0.4, -0.2) is 24.5 Å². The van der Waals surface area contributed by atoms with E-state index in [9.17, 15) is 9.59 Å². The Labute approximate surface area is 116 Å². The summed E-state index contributed by atoms with van der Waals surface area (Å²) in [5, 5.41) is 2.70. The van der Waals surface area contributed by atoms with Gasteiger partial charge < -0.3 is 10.1 Å². The number of esters is 1. The van der Waals surface area contributed by atoms with Gasteiger partial charge in [-0.1, -0.05) is 13.8 Å². The summed E-state index contributed by atoms with van der Waals surface area (Å²) in [4.78, 5) is 24.5.